The Kier molecular flexibility index (Phi) is 8.44. The summed E-state index contributed by atoms with van der Waals surface area (Å²) >= 11 is 0. The van der Waals surface area contributed by atoms with Crippen LogP contribution in [0.25, 0.3) is 11.1 Å². The average molecular weight is 594 g/mol. The van der Waals surface area contributed by atoms with E-state index in [4.69, 9.17) is 4.74 Å². The van der Waals surface area contributed by atoms with E-state index in [0.717, 1.165) is 18.2 Å². The number of halogens is 5. The quantitative estimate of drug-likeness (QED) is 0.325. The van der Waals surface area contributed by atoms with E-state index in [-0.39, 0.29) is 25.2 Å². The highest BCUT2D eigenvalue weighted by Gasteiger charge is 2.36. The molecule has 42 heavy (non-hydrogen) atoms. The smallest absolute Gasteiger partial charge is 0.408 e. The van der Waals surface area contributed by atoms with Gasteiger partial charge in [-0.2, -0.15) is 13.2 Å². The van der Waals surface area contributed by atoms with Crippen LogP contribution in [0.5, 0.6) is 0 Å². The number of aliphatic carboxylic acids is 1. The summed E-state index contributed by atoms with van der Waals surface area (Å²) in [6, 6.07) is 2.47. The second-order valence-corrected chi connectivity index (χ2v) is 10.2. The van der Waals surface area contributed by atoms with Crippen LogP contribution in [-0.2, 0) is 36.2 Å². The van der Waals surface area contributed by atoms with Crippen molar-refractivity contribution in [2.45, 2.75) is 58.7 Å². The van der Waals surface area contributed by atoms with Crippen molar-refractivity contribution in [1.29, 1.82) is 0 Å². The van der Waals surface area contributed by atoms with Gasteiger partial charge in [0.05, 0.1) is 18.8 Å². The normalized spacial score (nSPS) is 14.3. The zero-order valence-corrected chi connectivity index (χ0v) is 23.1. The van der Waals surface area contributed by atoms with Crippen LogP contribution in [0.1, 0.15) is 45.2 Å². The number of amides is 1. The number of hydrogen-bond acceptors (Lipinski definition) is 5. The number of anilines is 1. The van der Waals surface area contributed by atoms with Crippen molar-refractivity contribution < 1.29 is 41.4 Å². The van der Waals surface area contributed by atoms with Crippen LogP contribution in [0.15, 0.2) is 35.1 Å². The first-order valence-electron chi connectivity index (χ1n) is 12.8. The number of carboxylic acid groups (broad SMARTS) is 1. The lowest BCUT2D eigenvalue weighted by Gasteiger charge is -2.20. The standard InChI is InChI=1S/C29H28F5N3O5/c1-13-7-14(2)37(4)27(39)24(13)18-6-5-16(19-11-42-12-20(18)19)8-23(28(40)41)36-26(38)25-21(30)9-17(10-22(25)31)35-15(3)29(32,33)34/h5-7,9-10,15,23,35H,8,11-12H2,1-4H3,(H,36,38)(H,40,41)/t15-,23+/m1/s1. The Morgan fingerprint density at radius 3 is 2.29 bits per heavy atom. The number of nitrogens with one attached hydrogen (secondary N) is 2. The summed E-state index contributed by atoms with van der Waals surface area (Å²) in [5.74, 6) is -5.82. The number of carbonyl (C=O) groups excluding carboxylic acids is 1. The molecule has 2 aromatic carbocycles. The molecule has 2 atom stereocenters. The Morgan fingerprint density at radius 2 is 1.69 bits per heavy atom. The van der Waals surface area contributed by atoms with Crippen LogP contribution >= 0.6 is 0 Å². The lowest BCUT2D eigenvalue weighted by molar-refractivity contribution is -0.139. The third-order valence-corrected chi connectivity index (χ3v) is 7.33. The van der Waals surface area contributed by atoms with Gasteiger partial charge in [-0.1, -0.05) is 12.1 Å². The van der Waals surface area contributed by atoms with Crippen LogP contribution in [0, 0.1) is 25.5 Å². The molecule has 1 aromatic heterocycles. The van der Waals surface area contributed by atoms with E-state index in [1.807, 2.05) is 25.2 Å². The fourth-order valence-electron chi connectivity index (χ4n) is 4.93. The molecule has 0 bridgehead atoms. The summed E-state index contributed by atoms with van der Waals surface area (Å²) in [6.45, 7) is 4.67. The lowest BCUT2D eigenvalue weighted by Crippen LogP contribution is -2.43. The van der Waals surface area contributed by atoms with E-state index in [0.29, 0.717) is 39.9 Å². The minimum atomic E-state index is -4.69. The molecule has 0 saturated carbocycles. The number of carboxylic acids is 1. The van der Waals surface area contributed by atoms with E-state index >= 15 is 0 Å². The summed E-state index contributed by atoms with van der Waals surface area (Å²) in [6.07, 6.45) is -4.96. The Hall–Kier alpha value is -4.26. The van der Waals surface area contributed by atoms with Gasteiger partial charge >= 0.3 is 12.1 Å². The highest BCUT2D eigenvalue weighted by Crippen LogP contribution is 2.34. The van der Waals surface area contributed by atoms with Gasteiger partial charge in [-0.05, 0) is 66.8 Å². The highest BCUT2D eigenvalue weighted by atomic mass is 19.4. The van der Waals surface area contributed by atoms with Crippen molar-refractivity contribution in [2.24, 2.45) is 7.05 Å². The maximum Gasteiger partial charge on any atom is 0.408 e. The third kappa shape index (κ3) is 6.01. The van der Waals surface area contributed by atoms with Crippen LogP contribution in [0.2, 0.25) is 0 Å². The summed E-state index contributed by atoms with van der Waals surface area (Å²) in [7, 11) is 1.66. The van der Waals surface area contributed by atoms with Crippen molar-refractivity contribution in [2.75, 3.05) is 5.32 Å². The molecule has 13 heteroatoms. The molecule has 3 N–H and O–H groups in total. The van der Waals surface area contributed by atoms with Crippen LogP contribution in [0.3, 0.4) is 0 Å². The predicted octanol–water partition coefficient (Wildman–Crippen LogP) is 4.77. The van der Waals surface area contributed by atoms with Crippen molar-refractivity contribution in [3.63, 3.8) is 0 Å². The SMILES string of the molecule is Cc1cc(C)n(C)c(=O)c1-c1ccc(C[C@H](NC(=O)c2c(F)cc(N[C@H](C)C(F)(F)F)cc2F)C(=O)O)c2c1COC2. The maximum atomic E-state index is 14.7. The molecular formula is C29H28F5N3O5. The van der Waals surface area contributed by atoms with Crippen molar-refractivity contribution in [3.05, 3.63) is 85.8 Å². The highest BCUT2D eigenvalue weighted by molar-refractivity contribution is 5.97. The number of carbonyl (C=O) groups is 2. The number of nitrogens with zero attached hydrogens (tertiary/aromatic N) is 1. The number of alkyl halides is 3. The molecular weight excluding hydrogens is 565 g/mol. The molecule has 4 rings (SSSR count). The summed E-state index contributed by atoms with van der Waals surface area (Å²) in [4.78, 5) is 37.9. The molecule has 0 unspecified atom stereocenters. The summed E-state index contributed by atoms with van der Waals surface area (Å²) in [5, 5.41) is 13.8. The number of rotatable bonds is 8. The van der Waals surface area contributed by atoms with E-state index in [1.165, 1.54) is 4.57 Å². The molecule has 0 fully saturated rings. The number of aryl methyl sites for hydroxylation is 2. The maximum absolute atomic E-state index is 14.7. The molecule has 0 radical (unpaired) electrons. The van der Waals surface area contributed by atoms with Gasteiger partial charge in [-0.15, -0.1) is 0 Å². The largest absolute Gasteiger partial charge is 0.480 e. The molecule has 8 nitrogen and oxygen atoms in total. The molecule has 224 valence electrons. The third-order valence-electron chi connectivity index (χ3n) is 7.33. The van der Waals surface area contributed by atoms with Crippen LogP contribution in [0.4, 0.5) is 27.6 Å². The van der Waals surface area contributed by atoms with Gasteiger partial charge in [-0.25, -0.2) is 13.6 Å². The predicted molar refractivity (Wildman–Crippen MR) is 143 cm³/mol. The first kappa shape index (κ1) is 30.7. The van der Waals surface area contributed by atoms with Gasteiger partial charge in [0.2, 0.25) is 0 Å². The zero-order chi connectivity index (χ0) is 31.1. The molecule has 3 aromatic rings. The molecule has 0 spiro atoms. The Balaban J connectivity index is 1.61. The number of aromatic nitrogens is 1. The van der Waals surface area contributed by atoms with Gasteiger partial charge in [0.15, 0.2) is 0 Å². The lowest BCUT2D eigenvalue weighted by atomic mass is 9.90. The minimum Gasteiger partial charge on any atom is -0.480 e. The second kappa shape index (κ2) is 11.6. The second-order valence-electron chi connectivity index (χ2n) is 10.2. The van der Waals surface area contributed by atoms with Crippen molar-refractivity contribution in [1.82, 2.24) is 9.88 Å². The van der Waals surface area contributed by atoms with E-state index < -0.39 is 53.0 Å². The number of hydrogen-bond donors (Lipinski definition) is 3. The Morgan fingerprint density at radius 1 is 1.07 bits per heavy atom. The van der Waals surface area contributed by atoms with E-state index in [1.54, 1.807) is 19.2 Å². The fourth-order valence-corrected chi connectivity index (χ4v) is 4.93. The molecule has 0 saturated heterocycles. The number of fused-ring (bicyclic) bond motifs is 1. The minimum absolute atomic E-state index is 0.123. The Bertz CT molecular complexity index is 1610. The van der Waals surface area contributed by atoms with E-state index in [9.17, 15) is 41.4 Å². The van der Waals surface area contributed by atoms with Crippen LogP contribution < -0.4 is 16.2 Å². The summed E-state index contributed by atoms with van der Waals surface area (Å²) < 4.78 is 74.9. The number of ether oxygens (including phenoxy) is 1. The van der Waals surface area contributed by atoms with E-state index in [2.05, 4.69) is 5.32 Å². The van der Waals surface area contributed by atoms with Gasteiger partial charge in [0, 0.05) is 24.8 Å². The molecule has 1 aliphatic heterocycles. The molecule has 1 amide bonds. The topological polar surface area (TPSA) is 110 Å². The van der Waals surface area contributed by atoms with Crippen molar-refractivity contribution in [3.8, 4) is 11.1 Å². The zero-order valence-electron chi connectivity index (χ0n) is 23.1. The molecule has 0 aliphatic carbocycles. The number of benzene rings is 2. The fraction of sp³-hybridized carbons (Fsp3) is 0.345. The Labute approximate surface area is 237 Å². The van der Waals surface area contributed by atoms with Gasteiger partial charge in [0.25, 0.3) is 11.5 Å². The first-order chi connectivity index (χ1) is 19.6. The molecule has 1 aliphatic rings. The monoisotopic (exact) mass is 593 g/mol. The average Bonchev–Trinajstić information content (AvgIpc) is 3.37. The van der Waals surface area contributed by atoms with Gasteiger partial charge in [0.1, 0.15) is 29.3 Å². The first-order valence-corrected chi connectivity index (χ1v) is 12.8. The van der Waals surface area contributed by atoms with Gasteiger partial charge < -0.3 is 25.0 Å². The van der Waals surface area contributed by atoms with Gasteiger partial charge in [-0.3, -0.25) is 9.59 Å². The van der Waals surface area contributed by atoms with Crippen LogP contribution in [-0.4, -0.2) is 39.8 Å². The van der Waals surface area contributed by atoms with Crippen molar-refractivity contribution >= 4 is 17.6 Å². The summed E-state index contributed by atoms with van der Waals surface area (Å²) in [5.41, 5.74) is 2.58. The molecule has 2 heterocycles. The number of pyridine rings is 1.